The third-order valence-electron chi connectivity index (χ3n) is 3.48. The van der Waals surface area contributed by atoms with Crippen LogP contribution in [0.3, 0.4) is 0 Å². The van der Waals surface area contributed by atoms with Gasteiger partial charge in [0, 0.05) is 6.04 Å². The maximum Gasteiger partial charge on any atom is 0.182 e. The zero-order chi connectivity index (χ0) is 14.8. The lowest BCUT2D eigenvalue weighted by Gasteiger charge is -2.19. The zero-order valence-corrected chi connectivity index (χ0v) is 13.7. The van der Waals surface area contributed by atoms with E-state index in [-0.39, 0.29) is 26.7 Å². The summed E-state index contributed by atoms with van der Waals surface area (Å²) < 4.78 is 25.1. The number of hydrogen-bond acceptors (Lipinski definition) is 3. The SMILES string of the molecule is CCCNC(CS(=O)(=O)c1c(Cl)cccc1Cl)C1CC1. The van der Waals surface area contributed by atoms with Crippen LogP contribution in [0, 0.1) is 5.92 Å². The number of sulfone groups is 1. The quantitative estimate of drug-likeness (QED) is 0.828. The molecule has 0 amide bonds. The summed E-state index contributed by atoms with van der Waals surface area (Å²) in [6.07, 6.45) is 3.16. The molecular formula is C14H19Cl2NO2S. The van der Waals surface area contributed by atoms with Crippen molar-refractivity contribution in [3.05, 3.63) is 28.2 Å². The van der Waals surface area contributed by atoms with Gasteiger partial charge in [-0.05, 0) is 43.9 Å². The Morgan fingerprint density at radius 3 is 2.40 bits per heavy atom. The topological polar surface area (TPSA) is 46.2 Å². The average molecular weight is 336 g/mol. The molecular weight excluding hydrogens is 317 g/mol. The number of nitrogens with one attached hydrogen (secondary N) is 1. The van der Waals surface area contributed by atoms with Crippen molar-refractivity contribution in [2.75, 3.05) is 12.3 Å². The minimum atomic E-state index is -3.48. The number of benzene rings is 1. The standard InChI is InChI=1S/C14H19Cl2NO2S/c1-2-8-17-13(10-6-7-10)9-20(18,19)14-11(15)4-3-5-12(14)16/h3-5,10,13,17H,2,6-9H2,1H3. The number of halogens is 2. The van der Waals surface area contributed by atoms with Crippen molar-refractivity contribution in [3.63, 3.8) is 0 Å². The van der Waals surface area contributed by atoms with E-state index < -0.39 is 9.84 Å². The van der Waals surface area contributed by atoms with Crippen LogP contribution < -0.4 is 5.32 Å². The van der Waals surface area contributed by atoms with Gasteiger partial charge in [-0.1, -0.05) is 36.2 Å². The minimum absolute atomic E-state index is 0.00714. The summed E-state index contributed by atoms with van der Waals surface area (Å²) in [6, 6.07) is 4.77. The molecule has 1 saturated carbocycles. The van der Waals surface area contributed by atoms with Crippen LogP contribution in [0.5, 0.6) is 0 Å². The van der Waals surface area contributed by atoms with Crippen LogP contribution in [-0.2, 0) is 9.84 Å². The molecule has 112 valence electrons. The molecule has 3 nitrogen and oxygen atoms in total. The molecule has 1 aliphatic carbocycles. The van der Waals surface area contributed by atoms with Gasteiger partial charge >= 0.3 is 0 Å². The number of rotatable bonds is 7. The van der Waals surface area contributed by atoms with Crippen LogP contribution in [0.4, 0.5) is 0 Å². The van der Waals surface area contributed by atoms with Crippen LogP contribution in [0.1, 0.15) is 26.2 Å². The van der Waals surface area contributed by atoms with Crippen LogP contribution in [0.15, 0.2) is 23.1 Å². The first kappa shape index (κ1) is 16.1. The van der Waals surface area contributed by atoms with Gasteiger partial charge in [-0.15, -0.1) is 0 Å². The van der Waals surface area contributed by atoms with Crippen LogP contribution >= 0.6 is 23.2 Å². The van der Waals surface area contributed by atoms with Gasteiger partial charge in [-0.3, -0.25) is 0 Å². The lowest BCUT2D eigenvalue weighted by atomic mass is 10.2. The normalized spacial score (nSPS) is 17.1. The third kappa shape index (κ3) is 3.88. The largest absolute Gasteiger partial charge is 0.313 e. The van der Waals surface area contributed by atoms with E-state index in [2.05, 4.69) is 12.2 Å². The lowest BCUT2D eigenvalue weighted by molar-refractivity contribution is 0.489. The molecule has 0 bridgehead atoms. The molecule has 0 aliphatic heterocycles. The van der Waals surface area contributed by atoms with Crippen molar-refractivity contribution in [2.24, 2.45) is 5.92 Å². The van der Waals surface area contributed by atoms with Gasteiger partial charge < -0.3 is 5.32 Å². The molecule has 1 N–H and O–H groups in total. The van der Waals surface area contributed by atoms with E-state index in [4.69, 9.17) is 23.2 Å². The van der Waals surface area contributed by atoms with E-state index in [1.54, 1.807) is 18.2 Å². The zero-order valence-electron chi connectivity index (χ0n) is 11.4. The van der Waals surface area contributed by atoms with E-state index in [0.29, 0.717) is 5.92 Å². The van der Waals surface area contributed by atoms with Crippen molar-refractivity contribution in [2.45, 2.75) is 37.1 Å². The second-order valence-electron chi connectivity index (χ2n) is 5.23. The first-order valence-electron chi connectivity index (χ1n) is 6.86. The molecule has 0 radical (unpaired) electrons. The van der Waals surface area contributed by atoms with E-state index >= 15 is 0 Å². The Balaban J connectivity index is 2.21. The van der Waals surface area contributed by atoms with Crippen LogP contribution in [0.25, 0.3) is 0 Å². The summed E-state index contributed by atoms with van der Waals surface area (Å²) in [5.74, 6) is 0.513. The lowest BCUT2D eigenvalue weighted by Crippen LogP contribution is -2.38. The van der Waals surface area contributed by atoms with Gasteiger partial charge in [-0.25, -0.2) is 8.42 Å². The molecule has 0 saturated heterocycles. The van der Waals surface area contributed by atoms with E-state index in [9.17, 15) is 8.42 Å². The second-order valence-corrected chi connectivity index (χ2v) is 8.02. The van der Waals surface area contributed by atoms with Crippen molar-refractivity contribution < 1.29 is 8.42 Å². The Hall–Kier alpha value is -0.290. The summed E-state index contributed by atoms with van der Waals surface area (Å²) in [5, 5.41) is 3.72. The highest BCUT2D eigenvalue weighted by atomic mass is 35.5. The maximum atomic E-state index is 12.6. The van der Waals surface area contributed by atoms with Gasteiger partial charge in [-0.2, -0.15) is 0 Å². The molecule has 0 aromatic heterocycles. The Labute approximate surface area is 130 Å². The second kappa shape index (κ2) is 6.65. The Bertz CT molecular complexity index is 550. The fourth-order valence-electron chi connectivity index (χ4n) is 2.29. The predicted octanol–water partition coefficient (Wildman–Crippen LogP) is 3.55. The highest BCUT2D eigenvalue weighted by Crippen LogP contribution is 2.36. The predicted molar refractivity (Wildman–Crippen MR) is 83.3 cm³/mol. The van der Waals surface area contributed by atoms with Crippen molar-refractivity contribution >= 4 is 33.0 Å². The van der Waals surface area contributed by atoms with Crippen molar-refractivity contribution in [3.8, 4) is 0 Å². The van der Waals surface area contributed by atoms with Gasteiger partial charge in [0.05, 0.1) is 15.8 Å². The molecule has 1 aromatic carbocycles. The third-order valence-corrected chi connectivity index (χ3v) is 6.19. The monoisotopic (exact) mass is 335 g/mol. The van der Waals surface area contributed by atoms with Gasteiger partial charge in [0.2, 0.25) is 0 Å². The summed E-state index contributed by atoms with van der Waals surface area (Å²) in [6.45, 7) is 2.89. The van der Waals surface area contributed by atoms with Gasteiger partial charge in [0.15, 0.2) is 9.84 Å². The number of hydrogen-bond donors (Lipinski definition) is 1. The molecule has 1 unspecified atom stereocenters. The minimum Gasteiger partial charge on any atom is -0.313 e. The van der Waals surface area contributed by atoms with Crippen molar-refractivity contribution in [1.29, 1.82) is 0 Å². The molecule has 1 aromatic rings. The van der Waals surface area contributed by atoms with Crippen LogP contribution in [0.2, 0.25) is 10.0 Å². The van der Waals surface area contributed by atoms with E-state index in [1.165, 1.54) is 0 Å². The first-order valence-corrected chi connectivity index (χ1v) is 9.26. The fourth-order valence-corrected chi connectivity index (χ4v) is 5.15. The first-order chi connectivity index (χ1) is 9.45. The summed E-state index contributed by atoms with van der Waals surface area (Å²) in [5.41, 5.74) is 0. The Morgan fingerprint density at radius 1 is 1.30 bits per heavy atom. The highest BCUT2D eigenvalue weighted by molar-refractivity contribution is 7.91. The fraction of sp³-hybridized carbons (Fsp3) is 0.571. The molecule has 6 heteroatoms. The highest BCUT2D eigenvalue weighted by Gasteiger charge is 2.35. The molecule has 1 atom stereocenters. The van der Waals surface area contributed by atoms with E-state index in [0.717, 1.165) is 25.8 Å². The molecule has 1 fully saturated rings. The van der Waals surface area contributed by atoms with Crippen molar-refractivity contribution in [1.82, 2.24) is 5.32 Å². The summed E-state index contributed by atoms with van der Waals surface area (Å²) in [7, 11) is -3.48. The summed E-state index contributed by atoms with van der Waals surface area (Å²) >= 11 is 12.0. The van der Waals surface area contributed by atoms with Gasteiger partial charge in [0.1, 0.15) is 4.90 Å². The Kier molecular flexibility index (Phi) is 5.35. The maximum absolute atomic E-state index is 12.6. The van der Waals surface area contributed by atoms with Crippen LogP contribution in [-0.4, -0.2) is 26.8 Å². The van der Waals surface area contributed by atoms with Gasteiger partial charge in [0.25, 0.3) is 0 Å². The molecule has 20 heavy (non-hydrogen) atoms. The molecule has 0 spiro atoms. The smallest absolute Gasteiger partial charge is 0.182 e. The molecule has 2 rings (SSSR count). The molecule has 1 aliphatic rings. The molecule has 0 heterocycles. The average Bonchev–Trinajstić information content (AvgIpc) is 3.18. The Morgan fingerprint density at radius 2 is 1.90 bits per heavy atom. The summed E-state index contributed by atoms with van der Waals surface area (Å²) in [4.78, 5) is 0.0623. The van der Waals surface area contributed by atoms with E-state index in [1.807, 2.05) is 0 Å².